The van der Waals surface area contributed by atoms with Crippen molar-refractivity contribution in [1.29, 1.82) is 0 Å². The molecular formula is C20H23N3O5. The van der Waals surface area contributed by atoms with E-state index in [0.717, 1.165) is 5.69 Å². The highest BCUT2D eigenvalue weighted by molar-refractivity contribution is 6.13. The highest BCUT2D eigenvalue weighted by Crippen LogP contribution is 2.25. The van der Waals surface area contributed by atoms with Crippen LogP contribution in [0.4, 0.5) is 0 Å². The monoisotopic (exact) mass is 385 g/mol. The van der Waals surface area contributed by atoms with E-state index in [1.54, 1.807) is 37.4 Å². The number of rotatable bonds is 7. The van der Waals surface area contributed by atoms with E-state index in [1.165, 1.54) is 21.1 Å². The van der Waals surface area contributed by atoms with E-state index < -0.39 is 17.9 Å². The van der Waals surface area contributed by atoms with Gasteiger partial charge < -0.3 is 14.3 Å². The molecule has 0 bridgehead atoms. The summed E-state index contributed by atoms with van der Waals surface area (Å²) in [5.74, 6) is -1.71. The van der Waals surface area contributed by atoms with Crippen LogP contribution in [0.2, 0.25) is 0 Å². The second-order valence-corrected chi connectivity index (χ2v) is 6.09. The molecule has 1 unspecified atom stereocenters. The predicted octanol–water partition coefficient (Wildman–Crippen LogP) is 2.31. The minimum absolute atomic E-state index is 0.114. The number of hydrogen-bond acceptors (Lipinski definition) is 8. The van der Waals surface area contributed by atoms with E-state index in [9.17, 15) is 9.59 Å². The van der Waals surface area contributed by atoms with Crippen LogP contribution in [0.5, 0.6) is 0 Å². The van der Waals surface area contributed by atoms with Gasteiger partial charge >= 0.3 is 11.9 Å². The second kappa shape index (κ2) is 9.70. The number of oxime groups is 1. The van der Waals surface area contributed by atoms with Gasteiger partial charge in [-0.25, -0.2) is 4.79 Å². The first-order valence-corrected chi connectivity index (χ1v) is 8.61. The van der Waals surface area contributed by atoms with Crippen molar-refractivity contribution in [2.24, 2.45) is 5.16 Å². The fraction of sp³-hybridized carbons (Fsp3) is 0.350. The lowest BCUT2D eigenvalue weighted by Gasteiger charge is -2.19. The van der Waals surface area contributed by atoms with E-state index in [4.69, 9.17) is 14.3 Å². The molecule has 0 saturated carbocycles. The molecule has 1 aromatic heterocycles. The largest absolute Gasteiger partial charge is 0.468 e. The summed E-state index contributed by atoms with van der Waals surface area (Å²) in [6.45, 7) is 4.98. The van der Waals surface area contributed by atoms with E-state index in [-0.39, 0.29) is 6.61 Å². The summed E-state index contributed by atoms with van der Waals surface area (Å²) in [5.41, 5.74) is 3.28. The summed E-state index contributed by atoms with van der Waals surface area (Å²) in [7, 11) is 2.82. The first-order valence-electron chi connectivity index (χ1n) is 8.61. The SMILES string of the molecule is COCC(C(=O)OC)c1ccccc1C(=NOC(C)=O)c1ncc(C)nc1C. The third kappa shape index (κ3) is 4.98. The lowest BCUT2D eigenvalue weighted by molar-refractivity contribution is -0.144. The van der Waals surface area contributed by atoms with E-state index in [1.807, 2.05) is 6.92 Å². The Labute approximate surface area is 163 Å². The molecule has 2 rings (SSSR count). The second-order valence-electron chi connectivity index (χ2n) is 6.09. The van der Waals surface area contributed by atoms with Gasteiger partial charge in [0.1, 0.15) is 17.3 Å². The Morgan fingerprint density at radius 1 is 1.18 bits per heavy atom. The van der Waals surface area contributed by atoms with Crippen LogP contribution in [0.3, 0.4) is 0 Å². The van der Waals surface area contributed by atoms with Gasteiger partial charge in [-0.05, 0) is 19.4 Å². The van der Waals surface area contributed by atoms with Gasteiger partial charge in [0.25, 0.3) is 0 Å². The Morgan fingerprint density at radius 3 is 2.50 bits per heavy atom. The summed E-state index contributed by atoms with van der Waals surface area (Å²) < 4.78 is 10.1. The minimum Gasteiger partial charge on any atom is -0.468 e. The number of esters is 1. The van der Waals surface area contributed by atoms with Gasteiger partial charge in [0, 0.05) is 25.8 Å². The molecule has 0 radical (unpaired) electrons. The zero-order valence-corrected chi connectivity index (χ0v) is 16.6. The highest BCUT2D eigenvalue weighted by atomic mass is 16.7. The van der Waals surface area contributed by atoms with Crippen molar-refractivity contribution in [2.75, 3.05) is 20.8 Å². The van der Waals surface area contributed by atoms with Crippen LogP contribution in [0.25, 0.3) is 0 Å². The molecule has 0 amide bonds. The Morgan fingerprint density at radius 2 is 1.89 bits per heavy atom. The zero-order valence-electron chi connectivity index (χ0n) is 16.6. The number of nitrogens with zero attached hydrogens (tertiary/aromatic N) is 3. The normalized spacial score (nSPS) is 12.4. The smallest absolute Gasteiger partial charge is 0.332 e. The van der Waals surface area contributed by atoms with Gasteiger partial charge in [-0.15, -0.1) is 0 Å². The Kier molecular flexibility index (Phi) is 7.34. The van der Waals surface area contributed by atoms with Gasteiger partial charge in [0.05, 0.1) is 25.1 Å². The third-order valence-electron chi connectivity index (χ3n) is 3.97. The third-order valence-corrected chi connectivity index (χ3v) is 3.97. The molecule has 8 nitrogen and oxygen atoms in total. The maximum atomic E-state index is 12.3. The number of methoxy groups -OCH3 is 2. The zero-order chi connectivity index (χ0) is 20.7. The number of hydrogen-bond donors (Lipinski definition) is 0. The maximum Gasteiger partial charge on any atom is 0.332 e. The molecular weight excluding hydrogens is 362 g/mol. The molecule has 0 fully saturated rings. The molecule has 148 valence electrons. The first kappa shape index (κ1) is 21.2. The molecule has 0 aliphatic heterocycles. The van der Waals surface area contributed by atoms with Crippen molar-refractivity contribution < 1.29 is 23.9 Å². The predicted molar refractivity (Wildman–Crippen MR) is 102 cm³/mol. The molecule has 1 atom stereocenters. The lowest BCUT2D eigenvalue weighted by atomic mass is 9.91. The van der Waals surface area contributed by atoms with Gasteiger partial charge in [0.2, 0.25) is 0 Å². The standard InChI is InChI=1S/C20H23N3O5/c1-12-10-21-18(13(2)22-12)19(23-28-14(3)24)16-9-7-6-8-15(16)17(11-26-4)20(25)27-5/h6-10,17H,11H2,1-5H3. The molecule has 0 aliphatic carbocycles. The van der Waals surface area contributed by atoms with Crippen LogP contribution in [-0.2, 0) is 23.9 Å². The number of carbonyl (C=O) groups excluding carboxylic acids is 2. The topological polar surface area (TPSA) is 100.0 Å². The average Bonchev–Trinajstić information content (AvgIpc) is 2.67. The fourth-order valence-corrected chi connectivity index (χ4v) is 2.77. The van der Waals surface area contributed by atoms with Gasteiger partial charge in [-0.1, -0.05) is 29.4 Å². The number of benzene rings is 1. The summed E-state index contributed by atoms with van der Waals surface area (Å²) in [6, 6.07) is 7.13. The molecule has 0 saturated heterocycles. The number of aromatic nitrogens is 2. The van der Waals surface area contributed by atoms with E-state index in [0.29, 0.717) is 28.2 Å². The molecule has 0 spiro atoms. The van der Waals surface area contributed by atoms with E-state index >= 15 is 0 Å². The first-order chi connectivity index (χ1) is 13.4. The van der Waals surface area contributed by atoms with Crippen LogP contribution in [0, 0.1) is 13.8 Å². The van der Waals surface area contributed by atoms with E-state index in [2.05, 4.69) is 15.1 Å². The number of ether oxygens (including phenoxy) is 2. The molecule has 1 aromatic carbocycles. The molecule has 28 heavy (non-hydrogen) atoms. The Bertz CT molecular complexity index is 895. The summed E-state index contributed by atoms with van der Waals surface area (Å²) in [4.78, 5) is 37.4. The Hall–Kier alpha value is -3.13. The van der Waals surface area contributed by atoms with Crippen molar-refractivity contribution in [3.05, 3.63) is 58.7 Å². The quantitative estimate of drug-likeness (QED) is 0.312. The average molecular weight is 385 g/mol. The van der Waals surface area contributed by atoms with Gasteiger partial charge in [-0.3, -0.25) is 14.8 Å². The summed E-state index contributed by atoms with van der Waals surface area (Å²) >= 11 is 0. The number of aryl methyl sites for hydroxylation is 2. The van der Waals surface area contributed by atoms with Crippen LogP contribution in [-0.4, -0.2) is 48.4 Å². The number of carbonyl (C=O) groups is 2. The molecule has 2 aromatic rings. The van der Waals surface area contributed by atoms with Crippen molar-refractivity contribution >= 4 is 17.7 Å². The van der Waals surface area contributed by atoms with Crippen LogP contribution in [0.15, 0.2) is 35.6 Å². The van der Waals surface area contributed by atoms with Crippen molar-refractivity contribution in [1.82, 2.24) is 9.97 Å². The highest BCUT2D eigenvalue weighted by Gasteiger charge is 2.27. The molecule has 0 aliphatic rings. The minimum atomic E-state index is -0.688. The van der Waals surface area contributed by atoms with Crippen molar-refractivity contribution in [3.63, 3.8) is 0 Å². The molecule has 1 heterocycles. The van der Waals surface area contributed by atoms with Gasteiger partial charge in [0.15, 0.2) is 0 Å². The fourth-order valence-electron chi connectivity index (χ4n) is 2.77. The van der Waals surface area contributed by atoms with Crippen LogP contribution >= 0.6 is 0 Å². The maximum absolute atomic E-state index is 12.3. The molecule has 0 N–H and O–H groups in total. The molecule has 8 heteroatoms. The van der Waals surface area contributed by atoms with Crippen molar-refractivity contribution in [3.8, 4) is 0 Å². The Balaban J connectivity index is 2.69. The summed E-state index contributed by atoms with van der Waals surface area (Å²) in [5, 5.41) is 4.01. The summed E-state index contributed by atoms with van der Waals surface area (Å²) in [6.07, 6.45) is 1.60. The van der Waals surface area contributed by atoms with Crippen LogP contribution < -0.4 is 0 Å². The lowest BCUT2D eigenvalue weighted by Crippen LogP contribution is -2.23. The van der Waals surface area contributed by atoms with Crippen molar-refractivity contribution in [2.45, 2.75) is 26.7 Å². The van der Waals surface area contributed by atoms with Gasteiger partial charge in [-0.2, -0.15) is 0 Å². The van der Waals surface area contributed by atoms with Crippen LogP contribution in [0.1, 0.15) is 41.1 Å².